The molecular formula is C15H14N4O2S. The number of rotatable bonds is 3. The van der Waals surface area contributed by atoms with Crippen molar-refractivity contribution in [3.05, 3.63) is 39.5 Å². The lowest BCUT2D eigenvalue weighted by Crippen LogP contribution is -2.56. The molecule has 1 aliphatic heterocycles. The number of amides is 1. The molecule has 0 aromatic carbocycles. The second-order valence-electron chi connectivity index (χ2n) is 5.09. The molecule has 6 nitrogen and oxygen atoms in total. The normalized spacial score (nSPS) is 14.3. The van der Waals surface area contributed by atoms with Crippen LogP contribution in [0.25, 0.3) is 0 Å². The second-order valence-corrected chi connectivity index (χ2v) is 6.30. The molecule has 3 rings (SSSR count). The smallest absolute Gasteiger partial charge is 0.266 e. The van der Waals surface area contributed by atoms with Crippen LogP contribution in [0.4, 0.5) is 0 Å². The third-order valence-corrected chi connectivity index (χ3v) is 4.45. The fourth-order valence-corrected chi connectivity index (χ4v) is 3.13. The topological polar surface area (TPSA) is 79.1 Å². The maximum Gasteiger partial charge on any atom is 0.266 e. The maximum atomic E-state index is 12.3. The van der Waals surface area contributed by atoms with Gasteiger partial charge in [-0.1, -0.05) is 0 Å². The number of carbonyl (C=O) groups excluding carboxylic acids is 1. The zero-order valence-corrected chi connectivity index (χ0v) is 13.1. The van der Waals surface area contributed by atoms with Gasteiger partial charge in [-0.05, 0) is 19.9 Å². The molecule has 0 bridgehead atoms. The average molecular weight is 314 g/mol. The Morgan fingerprint density at radius 2 is 2.23 bits per heavy atom. The highest BCUT2D eigenvalue weighted by molar-refractivity contribution is 7.13. The van der Waals surface area contributed by atoms with Gasteiger partial charge in [0.05, 0.1) is 29.4 Å². The van der Waals surface area contributed by atoms with Crippen LogP contribution < -0.4 is 4.74 Å². The number of hydrogen-bond acceptors (Lipinski definition) is 6. The summed E-state index contributed by atoms with van der Waals surface area (Å²) < 4.78 is 5.67. The lowest BCUT2D eigenvalue weighted by atomic mass is 10.1. The number of aromatic nitrogens is 2. The zero-order chi connectivity index (χ0) is 15.7. The van der Waals surface area contributed by atoms with Crippen LogP contribution in [-0.4, -0.2) is 40.0 Å². The summed E-state index contributed by atoms with van der Waals surface area (Å²) in [6.07, 6.45) is 1.42. The third-order valence-electron chi connectivity index (χ3n) is 3.39. The van der Waals surface area contributed by atoms with Gasteiger partial charge in [0.2, 0.25) is 5.88 Å². The van der Waals surface area contributed by atoms with Crippen molar-refractivity contribution < 1.29 is 9.53 Å². The molecule has 0 atom stereocenters. The number of hydrogen-bond donors (Lipinski definition) is 0. The third kappa shape index (κ3) is 2.78. The first kappa shape index (κ1) is 14.5. The van der Waals surface area contributed by atoms with Gasteiger partial charge in [0.15, 0.2) is 0 Å². The minimum absolute atomic E-state index is 0.00994. The highest BCUT2D eigenvalue weighted by Crippen LogP contribution is 2.23. The lowest BCUT2D eigenvalue weighted by Gasteiger charge is -2.38. The van der Waals surface area contributed by atoms with Crippen LogP contribution in [0.1, 0.15) is 25.9 Å². The summed E-state index contributed by atoms with van der Waals surface area (Å²) >= 11 is 1.42. The monoisotopic (exact) mass is 314 g/mol. The average Bonchev–Trinajstić information content (AvgIpc) is 2.81. The fourth-order valence-electron chi connectivity index (χ4n) is 2.24. The highest BCUT2D eigenvalue weighted by Gasteiger charge is 2.34. The molecule has 112 valence electrons. The summed E-state index contributed by atoms with van der Waals surface area (Å²) in [4.78, 5) is 23.1. The van der Waals surface area contributed by atoms with Gasteiger partial charge >= 0.3 is 0 Å². The Bertz CT molecular complexity index is 742. The van der Waals surface area contributed by atoms with Crippen molar-refractivity contribution in [2.24, 2.45) is 0 Å². The van der Waals surface area contributed by atoms with Gasteiger partial charge < -0.3 is 9.64 Å². The molecule has 1 saturated heterocycles. The SMILES string of the molecule is Cc1nc(C)c(C(=O)N2CC(Oc3ccc(C#N)cn3)C2)s1. The molecule has 2 aromatic heterocycles. The Morgan fingerprint density at radius 1 is 1.45 bits per heavy atom. The summed E-state index contributed by atoms with van der Waals surface area (Å²) in [6.45, 7) is 4.83. The fraction of sp³-hybridized carbons (Fsp3) is 0.333. The lowest BCUT2D eigenvalue weighted by molar-refractivity contribution is 0.0163. The summed E-state index contributed by atoms with van der Waals surface area (Å²) in [5, 5.41) is 9.62. The molecule has 0 aliphatic carbocycles. The van der Waals surface area contributed by atoms with Gasteiger partial charge in [0.1, 0.15) is 17.1 Å². The van der Waals surface area contributed by atoms with Crippen molar-refractivity contribution in [1.29, 1.82) is 5.26 Å². The Morgan fingerprint density at radius 3 is 2.77 bits per heavy atom. The van der Waals surface area contributed by atoms with Crippen molar-refractivity contribution >= 4 is 17.2 Å². The largest absolute Gasteiger partial charge is 0.471 e. The number of likely N-dealkylation sites (tertiary alicyclic amines) is 1. The van der Waals surface area contributed by atoms with Crippen molar-refractivity contribution in [1.82, 2.24) is 14.9 Å². The van der Waals surface area contributed by atoms with Crippen LogP contribution in [-0.2, 0) is 0 Å². The quantitative estimate of drug-likeness (QED) is 0.865. The van der Waals surface area contributed by atoms with Gasteiger partial charge in [0, 0.05) is 12.3 Å². The Labute approximate surface area is 132 Å². The number of thiazole rings is 1. The first-order valence-electron chi connectivity index (χ1n) is 6.83. The van der Waals surface area contributed by atoms with E-state index in [-0.39, 0.29) is 12.0 Å². The van der Waals surface area contributed by atoms with Crippen molar-refractivity contribution in [2.45, 2.75) is 20.0 Å². The molecule has 1 aliphatic rings. The molecule has 0 N–H and O–H groups in total. The predicted octanol–water partition coefficient (Wildman–Crippen LogP) is 1.93. The zero-order valence-electron chi connectivity index (χ0n) is 12.2. The van der Waals surface area contributed by atoms with E-state index in [4.69, 9.17) is 10.00 Å². The van der Waals surface area contributed by atoms with E-state index in [9.17, 15) is 4.79 Å². The molecule has 0 spiro atoms. The predicted molar refractivity (Wildman–Crippen MR) is 80.9 cm³/mol. The minimum Gasteiger partial charge on any atom is -0.471 e. The molecule has 3 heterocycles. The molecule has 0 unspecified atom stereocenters. The Balaban J connectivity index is 1.56. The van der Waals surface area contributed by atoms with Gasteiger partial charge in [-0.3, -0.25) is 4.79 Å². The van der Waals surface area contributed by atoms with Crippen molar-refractivity contribution in [2.75, 3.05) is 13.1 Å². The van der Waals surface area contributed by atoms with Crippen molar-refractivity contribution in [3.63, 3.8) is 0 Å². The molecule has 1 fully saturated rings. The van der Waals surface area contributed by atoms with Crippen molar-refractivity contribution in [3.8, 4) is 11.9 Å². The van der Waals surface area contributed by atoms with Gasteiger partial charge in [-0.15, -0.1) is 11.3 Å². The van der Waals surface area contributed by atoms with E-state index >= 15 is 0 Å². The minimum atomic E-state index is -0.0567. The summed E-state index contributed by atoms with van der Waals surface area (Å²) in [6, 6.07) is 5.33. The summed E-state index contributed by atoms with van der Waals surface area (Å²) in [5.74, 6) is 0.483. The number of nitriles is 1. The first-order chi connectivity index (χ1) is 10.6. The number of aryl methyl sites for hydroxylation is 2. The van der Waals surface area contributed by atoms with E-state index in [0.29, 0.717) is 29.4 Å². The van der Waals surface area contributed by atoms with Crippen LogP contribution in [0.2, 0.25) is 0 Å². The summed E-state index contributed by atoms with van der Waals surface area (Å²) in [5.41, 5.74) is 1.28. The number of nitrogens with zero attached hydrogens (tertiary/aromatic N) is 4. The van der Waals surface area contributed by atoms with E-state index in [0.717, 1.165) is 10.7 Å². The van der Waals surface area contributed by atoms with E-state index < -0.39 is 0 Å². The van der Waals surface area contributed by atoms with E-state index in [1.165, 1.54) is 17.5 Å². The van der Waals surface area contributed by atoms with Crippen LogP contribution >= 0.6 is 11.3 Å². The molecule has 2 aromatic rings. The highest BCUT2D eigenvalue weighted by atomic mass is 32.1. The first-order valence-corrected chi connectivity index (χ1v) is 7.64. The van der Waals surface area contributed by atoms with Crippen LogP contribution in [0.5, 0.6) is 5.88 Å². The molecular weight excluding hydrogens is 300 g/mol. The molecule has 0 saturated carbocycles. The van der Waals surface area contributed by atoms with Crippen LogP contribution in [0.3, 0.4) is 0 Å². The maximum absolute atomic E-state index is 12.3. The molecule has 7 heteroatoms. The molecule has 0 radical (unpaired) electrons. The number of carbonyl (C=O) groups is 1. The number of pyridine rings is 1. The standard InChI is InChI=1S/C15H14N4O2S/c1-9-14(22-10(2)18-9)15(20)19-7-12(8-19)21-13-4-3-11(5-16)6-17-13/h3-4,6,12H,7-8H2,1-2H3. The van der Waals surface area contributed by atoms with E-state index in [1.54, 1.807) is 17.0 Å². The molecule has 1 amide bonds. The van der Waals surface area contributed by atoms with Crippen LogP contribution in [0, 0.1) is 25.2 Å². The van der Waals surface area contributed by atoms with Gasteiger partial charge in [-0.25, -0.2) is 9.97 Å². The van der Waals surface area contributed by atoms with E-state index in [1.807, 2.05) is 19.9 Å². The Hall–Kier alpha value is -2.46. The van der Waals surface area contributed by atoms with Gasteiger partial charge in [0.25, 0.3) is 5.91 Å². The second kappa shape index (κ2) is 5.73. The Kier molecular flexibility index (Phi) is 3.77. The summed E-state index contributed by atoms with van der Waals surface area (Å²) in [7, 11) is 0. The number of ether oxygens (including phenoxy) is 1. The van der Waals surface area contributed by atoms with E-state index in [2.05, 4.69) is 9.97 Å². The van der Waals surface area contributed by atoms with Gasteiger partial charge in [-0.2, -0.15) is 5.26 Å². The molecule has 22 heavy (non-hydrogen) atoms. The van der Waals surface area contributed by atoms with Crippen LogP contribution in [0.15, 0.2) is 18.3 Å².